The predicted molar refractivity (Wildman–Crippen MR) is 129 cm³/mol. The Labute approximate surface area is 192 Å². The van der Waals surface area contributed by atoms with Crippen LogP contribution in [0.5, 0.6) is 0 Å². The van der Waals surface area contributed by atoms with Gasteiger partial charge in [0.25, 0.3) is 0 Å². The molecular formula is C25H41N3Ti. The topological polar surface area (TPSA) is 42.3 Å². The zero-order valence-corrected chi connectivity index (χ0v) is 21.4. The molecule has 0 fully saturated rings. The molecule has 29 heavy (non-hydrogen) atoms. The van der Waals surface area contributed by atoms with Crippen LogP contribution in [0.3, 0.4) is 0 Å². The van der Waals surface area contributed by atoms with Crippen molar-refractivity contribution in [3.63, 3.8) is 0 Å². The van der Waals surface area contributed by atoms with Crippen molar-refractivity contribution in [3.8, 4) is 0 Å². The van der Waals surface area contributed by atoms with E-state index in [2.05, 4.69) is 86.0 Å². The van der Waals surface area contributed by atoms with Crippen molar-refractivity contribution in [2.45, 2.75) is 36.8 Å². The van der Waals surface area contributed by atoms with E-state index >= 15 is 0 Å². The van der Waals surface area contributed by atoms with Gasteiger partial charge in [-0.1, -0.05) is 24.3 Å². The molecule has 2 aliphatic carbocycles. The second-order valence-electron chi connectivity index (χ2n) is 7.20. The van der Waals surface area contributed by atoms with Gasteiger partial charge in [-0.05, 0) is 13.8 Å². The van der Waals surface area contributed by atoms with Crippen molar-refractivity contribution in [3.05, 3.63) is 87.8 Å². The van der Waals surface area contributed by atoms with Crippen molar-refractivity contribution in [2.24, 2.45) is 5.92 Å². The molecule has 0 heterocycles. The first-order valence-corrected chi connectivity index (χ1v) is 10.9. The number of rotatable bonds is 1. The van der Waals surface area contributed by atoms with E-state index in [0.717, 1.165) is 27.2 Å². The Hall–Kier alpha value is -0.966. The maximum atomic E-state index is 3.66. The van der Waals surface area contributed by atoms with Crippen LogP contribution in [0.4, 0.5) is 0 Å². The third kappa shape index (κ3) is 12.4. The minimum atomic E-state index is 0.718. The third-order valence-corrected chi connectivity index (χ3v) is 5.47. The van der Waals surface area contributed by atoms with Crippen molar-refractivity contribution >= 4 is 0 Å². The zero-order valence-electron chi connectivity index (χ0n) is 19.9. The minimum absolute atomic E-state index is 0.718. The molecule has 3 rings (SSSR count). The van der Waals surface area contributed by atoms with Gasteiger partial charge >= 0.3 is 96.9 Å². The fraction of sp³-hybridized carbons (Fsp3) is 0.520. The summed E-state index contributed by atoms with van der Waals surface area (Å²) in [7, 11) is 10.5. The Balaban J connectivity index is 0. The molecule has 4 heteroatoms. The van der Waals surface area contributed by atoms with Crippen molar-refractivity contribution < 1.29 is 20.4 Å². The van der Waals surface area contributed by atoms with E-state index in [4.69, 9.17) is 0 Å². The van der Waals surface area contributed by atoms with Gasteiger partial charge in [-0.2, -0.15) is 42.3 Å². The summed E-state index contributed by atoms with van der Waals surface area (Å²) in [5.74, 6) is 1.59. The molecule has 0 saturated heterocycles. The Kier molecular flexibility index (Phi) is 19.8. The average molecular weight is 431 g/mol. The van der Waals surface area contributed by atoms with Crippen LogP contribution in [0, 0.1) is 5.92 Å². The first-order chi connectivity index (χ1) is 13.8. The van der Waals surface area contributed by atoms with Crippen LogP contribution >= 0.6 is 0 Å². The number of hydrogen-bond donors (Lipinski definition) is 0. The SMILES string of the molecule is C=C(C)C(=C)C.C[N-]C.C[N-]C.C[N-]C.[Ti+3][CH]1c2ccccc2C2C=CCCC12. The van der Waals surface area contributed by atoms with Crippen LogP contribution in [0.25, 0.3) is 16.0 Å². The molecule has 0 amide bonds. The molecule has 3 unspecified atom stereocenters. The van der Waals surface area contributed by atoms with Gasteiger partial charge in [0.05, 0.1) is 0 Å². The Bertz CT molecular complexity index is 579. The van der Waals surface area contributed by atoms with E-state index in [0.29, 0.717) is 0 Å². The monoisotopic (exact) mass is 431 g/mol. The van der Waals surface area contributed by atoms with Crippen molar-refractivity contribution in [1.82, 2.24) is 0 Å². The predicted octanol–water partition coefficient (Wildman–Crippen LogP) is 7.34. The summed E-state index contributed by atoms with van der Waals surface area (Å²) in [4.78, 5) is 0. The first-order valence-electron chi connectivity index (χ1n) is 9.98. The van der Waals surface area contributed by atoms with E-state index in [1.54, 1.807) is 53.4 Å². The Morgan fingerprint density at radius 2 is 1.28 bits per heavy atom. The summed E-state index contributed by atoms with van der Waals surface area (Å²) in [6, 6.07) is 8.98. The van der Waals surface area contributed by atoms with E-state index in [1.165, 1.54) is 12.8 Å². The number of allylic oxidation sites excluding steroid dienone is 4. The third-order valence-electron chi connectivity index (χ3n) is 4.32. The molecule has 1 aromatic carbocycles. The van der Waals surface area contributed by atoms with Gasteiger partial charge < -0.3 is 16.0 Å². The van der Waals surface area contributed by atoms with Crippen LogP contribution in [0.2, 0.25) is 0 Å². The van der Waals surface area contributed by atoms with Crippen LogP contribution in [0.15, 0.2) is 60.7 Å². The molecule has 160 valence electrons. The summed E-state index contributed by atoms with van der Waals surface area (Å²) >= 11 is 2.39. The molecule has 0 radical (unpaired) electrons. The summed E-state index contributed by atoms with van der Waals surface area (Å²) in [5.41, 5.74) is 5.31. The van der Waals surface area contributed by atoms with Crippen molar-refractivity contribution in [1.29, 1.82) is 0 Å². The standard InChI is InChI=1S/C13H13.C6H10.3C2H6N.Ti/c1-3-7-12-10(5-1)9-11-6-2-4-8-13(11)12;1-5(2)6(3)4;3*1-3-2;/h1,3-5,7-9,11,13H,2,6H2;1,3H2,2,4H3;3*1-2H3;/q;;3*-1;+3. The molecule has 1 aromatic rings. The average Bonchev–Trinajstić information content (AvgIpc) is 2.98. The first kappa shape index (κ1) is 30.2. The summed E-state index contributed by atoms with van der Waals surface area (Å²) < 4.78 is 0.765. The van der Waals surface area contributed by atoms with Gasteiger partial charge in [0, 0.05) is 0 Å². The number of nitrogens with zero attached hydrogens (tertiary/aromatic N) is 3. The maximum absolute atomic E-state index is 3.66. The van der Waals surface area contributed by atoms with E-state index in [1.807, 2.05) is 13.8 Å². The van der Waals surface area contributed by atoms with Gasteiger partial charge in [-0.15, -0.1) is 0 Å². The van der Waals surface area contributed by atoms with Gasteiger partial charge in [0.15, 0.2) is 0 Å². The summed E-state index contributed by atoms with van der Waals surface area (Å²) in [6.45, 7) is 11.2. The second kappa shape index (κ2) is 19.0. The van der Waals surface area contributed by atoms with Crippen LogP contribution in [-0.4, -0.2) is 42.3 Å². The fourth-order valence-electron chi connectivity index (χ4n) is 2.89. The molecule has 3 atom stereocenters. The van der Waals surface area contributed by atoms with E-state index in [9.17, 15) is 0 Å². The molecule has 0 bridgehead atoms. The molecule has 3 nitrogen and oxygen atoms in total. The Morgan fingerprint density at radius 3 is 1.69 bits per heavy atom. The van der Waals surface area contributed by atoms with Crippen LogP contribution in [0.1, 0.15) is 48.0 Å². The molecular weight excluding hydrogens is 390 g/mol. The Morgan fingerprint density at radius 1 is 0.862 bits per heavy atom. The molecule has 0 aromatic heterocycles. The molecule has 0 spiro atoms. The molecule has 0 aliphatic heterocycles. The summed E-state index contributed by atoms with van der Waals surface area (Å²) in [5, 5.41) is 10.5. The van der Waals surface area contributed by atoms with E-state index in [-0.39, 0.29) is 0 Å². The van der Waals surface area contributed by atoms with Gasteiger partial charge in [0.1, 0.15) is 0 Å². The normalized spacial score (nSPS) is 19.9. The number of benzene rings is 1. The fourth-order valence-corrected chi connectivity index (χ4v) is 3.88. The second-order valence-corrected chi connectivity index (χ2v) is 8.18. The van der Waals surface area contributed by atoms with Gasteiger partial charge in [0.2, 0.25) is 0 Å². The zero-order chi connectivity index (χ0) is 22.8. The quantitative estimate of drug-likeness (QED) is 0.254. The summed E-state index contributed by atoms with van der Waals surface area (Å²) in [6.07, 6.45) is 7.43. The van der Waals surface area contributed by atoms with Gasteiger partial charge in [-0.25, -0.2) is 0 Å². The molecule has 0 N–H and O–H groups in total. The number of hydrogen-bond acceptors (Lipinski definition) is 0. The van der Waals surface area contributed by atoms with Crippen molar-refractivity contribution in [2.75, 3.05) is 42.3 Å². The van der Waals surface area contributed by atoms with Gasteiger partial charge in [-0.3, -0.25) is 0 Å². The molecule has 2 aliphatic rings. The molecule has 0 saturated carbocycles. The van der Waals surface area contributed by atoms with E-state index < -0.39 is 0 Å². The van der Waals surface area contributed by atoms with Crippen LogP contribution in [-0.2, 0) is 20.4 Å². The number of fused-ring (bicyclic) bond motifs is 3. The van der Waals surface area contributed by atoms with Crippen LogP contribution < -0.4 is 0 Å².